The molecule has 1 aromatic heterocycles. The molecule has 3 heterocycles. The fourth-order valence-corrected chi connectivity index (χ4v) is 4.58. The number of nitrogens with one attached hydrogen (secondary N) is 2. The lowest BCUT2D eigenvalue weighted by molar-refractivity contribution is 0.163. The van der Waals surface area contributed by atoms with E-state index >= 15 is 0 Å². The van der Waals surface area contributed by atoms with E-state index in [1.165, 1.54) is 27.7 Å². The Balaban J connectivity index is 1.39. The van der Waals surface area contributed by atoms with Crippen molar-refractivity contribution < 1.29 is 4.74 Å². The zero-order chi connectivity index (χ0) is 18.9. The van der Waals surface area contributed by atoms with Crippen LogP contribution in [-0.2, 0) is 17.7 Å². The number of fused-ring (bicyclic) bond motifs is 2. The van der Waals surface area contributed by atoms with Crippen molar-refractivity contribution in [1.82, 2.24) is 15.5 Å². The minimum Gasteiger partial charge on any atom is -0.383 e. The number of nitrogens with zero attached hydrogens (tertiary/aromatic N) is 3. The average Bonchev–Trinajstić information content (AvgIpc) is 3.17. The Labute approximate surface area is 165 Å². The zero-order valence-electron chi connectivity index (χ0n) is 16.3. The highest BCUT2D eigenvalue weighted by Crippen LogP contribution is 2.33. The number of ether oxygens (including phenoxy) is 1. The lowest BCUT2D eigenvalue weighted by Crippen LogP contribution is -2.53. The van der Waals surface area contributed by atoms with E-state index < -0.39 is 0 Å². The van der Waals surface area contributed by atoms with Gasteiger partial charge in [-0.3, -0.25) is 5.10 Å². The molecule has 6 nitrogen and oxygen atoms in total. The van der Waals surface area contributed by atoms with Crippen LogP contribution >= 0.6 is 0 Å². The van der Waals surface area contributed by atoms with Crippen LogP contribution in [0, 0.1) is 0 Å². The maximum absolute atomic E-state index is 5.33. The predicted octanol–water partition coefficient (Wildman–Crippen LogP) is 2.55. The molecule has 2 aliphatic heterocycles. The number of methoxy groups -OCH3 is 1. The third kappa shape index (κ3) is 3.12. The first kappa shape index (κ1) is 17.5. The highest BCUT2D eigenvalue weighted by atomic mass is 16.5. The minimum atomic E-state index is 0.363. The number of hydrogen-bond donors (Lipinski definition) is 2. The van der Waals surface area contributed by atoms with Crippen LogP contribution in [0.5, 0.6) is 0 Å². The Morgan fingerprint density at radius 2 is 2.00 bits per heavy atom. The van der Waals surface area contributed by atoms with E-state index in [4.69, 9.17) is 9.84 Å². The summed E-state index contributed by atoms with van der Waals surface area (Å²) in [7, 11) is 1.76. The van der Waals surface area contributed by atoms with E-state index in [9.17, 15) is 0 Å². The van der Waals surface area contributed by atoms with Crippen LogP contribution in [-0.4, -0.2) is 56.1 Å². The minimum absolute atomic E-state index is 0.363. The smallest absolute Gasteiger partial charge is 0.154 e. The Kier molecular flexibility index (Phi) is 4.66. The largest absolute Gasteiger partial charge is 0.383 e. The van der Waals surface area contributed by atoms with E-state index in [0.29, 0.717) is 6.04 Å². The molecule has 0 amide bonds. The van der Waals surface area contributed by atoms with E-state index in [2.05, 4.69) is 62.7 Å². The van der Waals surface area contributed by atoms with Crippen LogP contribution < -0.4 is 15.1 Å². The zero-order valence-corrected chi connectivity index (χ0v) is 16.3. The number of benzene rings is 2. The van der Waals surface area contributed by atoms with Crippen molar-refractivity contribution in [3.05, 3.63) is 53.7 Å². The molecule has 1 saturated heterocycles. The summed E-state index contributed by atoms with van der Waals surface area (Å²) >= 11 is 0. The van der Waals surface area contributed by atoms with Gasteiger partial charge in [0.05, 0.1) is 18.8 Å². The van der Waals surface area contributed by atoms with E-state index in [0.717, 1.165) is 51.6 Å². The van der Waals surface area contributed by atoms with Gasteiger partial charge in [-0.15, -0.1) is 0 Å². The second kappa shape index (κ2) is 7.45. The standard InChI is InChI=1S/C22H27N5O/c1-28-15-17-13-27(12-10-23-17)22-19-9-11-26(14-20(19)24-25-22)21-8-4-6-16-5-2-3-7-18(16)21/h2-8,17,23H,9-15H2,1H3,(H,24,25). The van der Waals surface area contributed by atoms with Gasteiger partial charge >= 0.3 is 0 Å². The van der Waals surface area contributed by atoms with Gasteiger partial charge in [0, 0.05) is 56.0 Å². The van der Waals surface area contributed by atoms with Gasteiger partial charge in [0.25, 0.3) is 0 Å². The van der Waals surface area contributed by atoms with Gasteiger partial charge < -0.3 is 19.9 Å². The molecule has 2 N–H and O–H groups in total. The summed E-state index contributed by atoms with van der Waals surface area (Å²) in [6.45, 7) is 5.53. The van der Waals surface area contributed by atoms with Gasteiger partial charge in [-0.05, 0) is 17.9 Å². The first-order valence-electron chi connectivity index (χ1n) is 10.1. The fourth-order valence-electron chi connectivity index (χ4n) is 4.58. The number of rotatable bonds is 4. The third-order valence-electron chi connectivity index (χ3n) is 5.94. The molecule has 1 atom stereocenters. The molecule has 0 spiro atoms. The molecule has 6 heteroatoms. The highest BCUT2D eigenvalue weighted by Gasteiger charge is 2.28. The van der Waals surface area contributed by atoms with Crippen molar-refractivity contribution in [2.75, 3.05) is 49.7 Å². The predicted molar refractivity (Wildman–Crippen MR) is 113 cm³/mol. The monoisotopic (exact) mass is 377 g/mol. The van der Waals surface area contributed by atoms with Crippen molar-refractivity contribution in [3.63, 3.8) is 0 Å². The van der Waals surface area contributed by atoms with E-state index in [-0.39, 0.29) is 0 Å². The molecule has 0 radical (unpaired) electrons. The Morgan fingerprint density at radius 1 is 1.11 bits per heavy atom. The van der Waals surface area contributed by atoms with E-state index in [1.807, 2.05) is 0 Å². The van der Waals surface area contributed by atoms with Gasteiger partial charge in [0.15, 0.2) is 5.82 Å². The van der Waals surface area contributed by atoms with Gasteiger partial charge in [0.2, 0.25) is 0 Å². The normalized spacial score (nSPS) is 19.8. The molecule has 0 bridgehead atoms. The fraction of sp³-hybridized carbons (Fsp3) is 0.409. The second-order valence-corrected chi connectivity index (χ2v) is 7.73. The second-order valence-electron chi connectivity index (χ2n) is 7.73. The molecular weight excluding hydrogens is 350 g/mol. The molecule has 0 saturated carbocycles. The molecule has 3 aromatic rings. The lowest BCUT2D eigenvalue weighted by atomic mass is 10.0. The molecule has 2 aliphatic rings. The number of hydrogen-bond acceptors (Lipinski definition) is 5. The molecule has 1 unspecified atom stereocenters. The van der Waals surface area contributed by atoms with Crippen LogP contribution in [0.15, 0.2) is 42.5 Å². The maximum atomic E-state index is 5.33. The average molecular weight is 377 g/mol. The van der Waals surface area contributed by atoms with E-state index in [1.54, 1.807) is 7.11 Å². The lowest BCUT2D eigenvalue weighted by Gasteiger charge is -2.35. The quantitative estimate of drug-likeness (QED) is 0.732. The van der Waals surface area contributed by atoms with Gasteiger partial charge in [-0.2, -0.15) is 5.10 Å². The van der Waals surface area contributed by atoms with Gasteiger partial charge in [0.1, 0.15) is 0 Å². The van der Waals surface area contributed by atoms with Crippen molar-refractivity contribution in [3.8, 4) is 0 Å². The summed E-state index contributed by atoms with van der Waals surface area (Å²) in [4.78, 5) is 4.88. The van der Waals surface area contributed by atoms with Gasteiger partial charge in [-0.25, -0.2) is 0 Å². The SMILES string of the molecule is COCC1CN(c2n[nH]c3c2CCN(c2cccc4ccccc24)C3)CCN1. The summed E-state index contributed by atoms with van der Waals surface area (Å²) in [5.74, 6) is 1.13. The molecule has 5 rings (SSSR count). The number of piperazine rings is 1. The maximum Gasteiger partial charge on any atom is 0.154 e. The summed E-state index contributed by atoms with van der Waals surface area (Å²) in [5, 5.41) is 14.2. The first-order chi connectivity index (χ1) is 13.8. The molecule has 146 valence electrons. The third-order valence-corrected chi connectivity index (χ3v) is 5.94. The van der Waals surface area contributed by atoms with Crippen LogP contribution in [0.4, 0.5) is 11.5 Å². The Hall–Kier alpha value is -2.57. The number of aromatic nitrogens is 2. The summed E-state index contributed by atoms with van der Waals surface area (Å²) in [6.07, 6.45) is 1.02. The molecular formula is C22H27N5O. The first-order valence-corrected chi connectivity index (χ1v) is 10.1. The Morgan fingerprint density at radius 3 is 2.93 bits per heavy atom. The number of aromatic amines is 1. The topological polar surface area (TPSA) is 56.4 Å². The van der Waals surface area contributed by atoms with Crippen LogP contribution in [0.2, 0.25) is 0 Å². The summed E-state index contributed by atoms with van der Waals surface area (Å²) in [6, 6.07) is 15.6. The van der Waals surface area contributed by atoms with Gasteiger partial charge in [-0.1, -0.05) is 36.4 Å². The number of anilines is 2. The van der Waals surface area contributed by atoms with Crippen molar-refractivity contribution >= 4 is 22.3 Å². The highest BCUT2D eigenvalue weighted by molar-refractivity contribution is 5.94. The molecule has 0 aliphatic carbocycles. The summed E-state index contributed by atoms with van der Waals surface area (Å²) in [5.41, 5.74) is 3.94. The molecule has 1 fully saturated rings. The Bertz CT molecular complexity index is 961. The van der Waals surface area contributed by atoms with Crippen molar-refractivity contribution in [2.45, 2.75) is 19.0 Å². The van der Waals surface area contributed by atoms with Crippen LogP contribution in [0.3, 0.4) is 0 Å². The van der Waals surface area contributed by atoms with Crippen LogP contribution in [0.1, 0.15) is 11.3 Å². The van der Waals surface area contributed by atoms with Crippen molar-refractivity contribution in [1.29, 1.82) is 0 Å². The summed E-state index contributed by atoms with van der Waals surface area (Å²) < 4.78 is 5.33. The van der Waals surface area contributed by atoms with Crippen molar-refractivity contribution in [2.24, 2.45) is 0 Å². The van der Waals surface area contributed by atoms with Crippen LogP contribution in [0.25, 0.3) is 10.8 Å². The molecule has 2 aromatic carbocycles. The number of H-pyrrole nitrogens is 1. The molecule has 28 heavy (non-hydrogen) atoms.